The number of aromatic nitrogens is 3. The third kappa shape index (κ3) is 3.17. The van der Waals surface area contributed by atoms with Crippen LogP contribution >= 0.6 is 0 Å². The third-order valence-electron chi connectivity index (χ3n) is 4.63. The highest BCUT2D eigenvalue weighted by Crippen LogP contribution is 2.30. The van der Waals surface area contributed by atoms with Crippen molar-refractivity contribution < 1.29 is 4.92 Å². The average Bonchev–Trinajstić information content (AvgIpc) is 3.02. The second-order valence-corrected chi connectivity index (χ2v) is 6.75. The van der Waals surface area contributed by atoms with Crippen LogP contribution in [0.1, 0.15) is 0 Å². The highest BCUT2D eigenvalue weighted by molar-refractivity contribution is 5.94. The van der Waals surface area contributed by atoms with Crippen LogP contribution in [0.25, 0.3) is 22.2 Å². The second kappa shape index (κ2) is 6.84. The van der Waals surface area contributed by atoms with Gasteiger partial charge in [-0.25, -0.2) is 4.79 Å². The van der Waals surface area contributed by atoms with E-state index in [0.29, 0.717) is 35.2 Å². The normalized spacial score (nSPS) is 11.4. The highest BCUT2D eigenvalue weighted by Gasteiger charge is 2.20. The first-order chi connectivity index (χ1) is 12.7. The Bertz CT molecular complexity index is 1150. The molecule has 0 saturated heterocycles. The minimum atomic E-state index is -0.466. The first-order valence-electron chi connectivity index (χ1n) is 8.40. The average molecular weight is 371 g/mol. The van der Waals surface area contributed by atoms with Gasteiger partial charge in [0.25, 0.3) is 11.2 Å². The Labute approximate surface area is 154 Å². The minimum Gasteiger partial charge on any atom is -0.343 e. The van der Waals surface area contributed by atoms with E-state index in [4.69, 9.17) is 0 Å². The van der Waals surface area contributed by atoms with Crippen molar-refractivity contribution in [1.29, 1.82) is 0 Å². The molecule has 0 radical (unpaired) electrons. The minimum absolute atomic E-state index is 0.0531. The zero-order chi connectivity index (χ0) is 19.9. The fourth-order valence-electron chi connectivity index (χ4n) is 3.15. The van der Waals surface area contributed by atoms with E-state index in [1.807, 2.05) is 23.6 Å². The fourth-order valence-corrected chi connectivity index (χ4v) is 3.15. The van der Waals surface area contributed by atoms with Crippen molar-refractivity contribution in [2.45, 2.75) is 6.54 Å². The lowest BCUT2D eigenvalue weighted by atomic mass is 10.1. The first kappa shape index (κ1) is 18.6. The molecule has 1 aromatic carbocycles. The molecule has 9 heteroatoms. The van der Waals surface area contributed by atoms with E-state index in [1.54, 1.807) is 25.4 Å². The largest absolute Gasteiger partial charge is 0.343 e. The molecule has 0 bridgehead atoms. The molecule has 0 fully saturated rings. The molecule has 0 aliphatic carbocycles. The Morgan fingerprint density at radius 2 is 1.85 bits per heavy atom. The van der Waals surface area contributed by atoms with Crippen LogP contribution in [0.2, 0.25) is 0 Å². The van der Waals surface area contributed by atoms with Crippen molar-refractivity contribution in [3.8, 4) is 11.3 Å². The van der Waals surface area contributed by atoms with Crippen molar-refractivity contribution >= 4 is 16.6 Å². The highest BCUT2D eigenvalue weighted by atomic mass is 16.6. The summed E-state index contributed by atoms with van der Waals surface area (Å²) in [5.74, 6) is 0. The van der Waals surface area contributed by atoms with Crippen LogP contribution in [0.4, 0.5) is 5.69 Å². The topological polar surface area (TPSA) is 95.3 Å². The molecular formula is C18H21N5O4. The van der Waals surface area contributed by atoms with Crippen LogP contribution in [0, 0.1) is 10.1 Å². The van der Waals surface area contributed by atoms with Gasteiger partial charge >= 0.3 is 5.69 Å². The molecule has 0 saturated carbocycles. The number of nitro benzene ring substituents is 1. The van der Waals surface area contributed by atoms with Gasteiger partial charge in [0.05, 0.1) is 21.5 Å². The van der Waals surface area contributed by atoms with Gasteiger partial charge in [-0.3, -0.25) is 24.0 Å². The van der Waals surface area contributed by atoms with Gasteiger partial charge in [-0.2, -0.15) is 0 Å². The van der Waals surface area contributed by atoms with Gasteiger partial charge in [0.1, 0.15) is 0 Å². The third-order valence-corrected chi connectivity index (χ3v) is 4.63. The predicted octanol–water partition coefficient (Wildman–Crippen LogP) is 1.18. The summed E-state index contributed by atoms with van der Waals surface area (Å²) in [4.78, 5) is 37.9. The monoisotopic (exact) mass is 371 g/mol. The number of fused-ring (bicyclic) bond motifs is 1. The number of hydrogen-bond acceptors (Lipinski definition) is 5. The van der Waals surface area contributed by atoms with Crippen molar-refractivity contribution in [2.24, 2.45) is 14.1 Å². The number of aryl methyl sites for hydroxylation is 1. The summed E-state index contributed by atoms with van der Waals surface area (Å²) >= 11 is 0. The Morgan fingerprint density at radius 1 is 1.15 bits per heavy atom. The summed E-state index contributed by atoms with van der Waals surface area (Å²) in [5.41, 5.74) is 0.757. The zero-order valence-corrected chi connectivity index (χ0v) is 15.7. The van der Waals surface area contributed by atoms with Crippen LogP contribution in [-0.2, 0) is 20.6 Å². The number of nitro groups is 1. The molecule has 9 nitrogen and oxygen atoms in total. The molecular weight excluding hydrogens is 350 g/mol. The lowest BCUT2D eigenvalue weighted by Gasteiger charge is -2.13. The summed E-state index contributed by atoms with van der Waals surface area (Å²) in [6.07, 6.45) is 1.76. The van der Waals surface area contributed by atoms with E-state index in [-0.39, 0.29) is 5.69 Å². The molecule has 0 spiro atoms. The summed E-state index contributed by atoms with van der Waals surface area (Å²) in [6.45, 7) is 1.27. The molecule has 3 aromatic rings. The molecule has 0 aliphatic rings. The number of rotatable bonds is 5. The van der Waals surface area contributed by atoms with Gasteiger partial charge in [-0.1, -0.05) is 12.1 Å². The van der Waals surface area contributed by atoms with Gasteiger partial charge < -0.3 is 9.47 Å². The molecule has 3 rings (SSSR count). The second-order valence-electron chi connectivity index (χ2n) is 6.75. The first-order valence-corrected chi connectivity index (χ1v) is 8.40. The maximum Gasteiger partial charge on any atom is 0.330 e. The molecule has 0 unspecified atom stereocenters. The smallest absolute Gasteiger partial charge is 0.330 e. The molecule has 0 atom stereocenters. The van der Waals surface area contributed by atoms with Crippen LogP contribution in [-0.4, -0.2) is 44.2 Å². The summed E-state index contributed by atoms with van der Waals surface area (Å²) in [7, 11) is 6.91. The van der Waals surface area contributed by atoms with E-state index in [0.717, 1.165) is 4.57 Å². The van der Waals surface area contributed by atoms with E-state index >= 15 is 0 Å². The van der Waals surface area contributed by atoms with Crippen LogP contribution in [0.5, 0.6) is 0 Å². The van der Waals surface area contributed by atoms with Crippen molar-refractivity contribution in [3.05, 3.63) is 61.4 Å². The number of benzene rings is 1. The van der Waals surface area contributed by atoms with Gasteiger partial charge in [0.15, 0.2) is 0 Å². The molecule has 2 aromatic heterocycles. The number of non-ortho nitro benzene ring substituents is 1. The molecule has 2 heterocycles. The molecule has 27 heavy (non-hydrogen) atoms. The Kier molecular flexibility index (Phi) is 4.71. The number of nitrogens with zero attached hydrogens (tertiary/aromatic N) is 5. The Morgan fingerprint density at radius 3 is 2.48 bits per heavy atom. The van der Waals surface area contributed by atoms with E-state index in [2.05, 4.69) is 0 Å². The molecule has 0 N–H and O–H groups in total. The van der Waals surface area contributed by atoms with Crippen molar-refractivity contribution in [3.63, 3.8) is 0 Å². The maximum absolute atomic E-state index is 12.9. The SMILES string of the molecule is CN(C)CCn1cc2c(c1-c1cccc([N+](=O)[O-])c1)c(=O)n(C)c(=O)n2C. The Hall–Kier alpha value is -3.20. The maximum atomic E-state index is 12.9. The van der Waals surface area contributed by atoms with E-state index in [1.165, 1.54) is 23.7 Å². The number of likely N-dealkylation sites (N-methyl/N-ethyl adjacent to an activating group) is 1. The van der Waals surface area contributed by atoms with Gasteiger partial charge in [-0.15, -0.1) is 0 Å². The lowest BCUT2D eigenvalue weighted by molar-refractivity contribution is -0.384. The fraction of sp³-hybridized carbons (Fsp3) is 0.333. The standard InChI is InChI=1S/C18H21N5O4/c1-19(2)8-9-22-11-14-15(17(24)21(4)18(25)20(14)3)16(22)12-6-5-7-13(10-12)23(26)27/h5-7,10-11H,8-9H2,1-4H3. The molecule has 0 aliphatic heterocycles. The summed E-state index contributed by atoms with van der Waals surface area (Å²) < 4.78 is 4.35. The summed E-state index contributed by atoms with van der Waals surface area (Å²) in [5, 5.41) is 11.6. The van der Waals surface area contributed by atoms with E-state index in [9.17, 15) is 19.7 Å². The van der Waals surface area contributed by atoms with Gasteiger partial charge in [-0.05, 0) is 14.1 Å². The molecule has 142 valence electrons. The van der Waals surface area contributed by atoms with Crippen LogP contribution < -0.4 is 11.2 Å². The zero-order valence-electron chi connectivity index (χ0n) is 15.7. The predicted molar refractivity (Wildman–Crippen MR) is 103 cm³/mol. The van der Waals surface area contributed by atoms with Gasteiger partial charge in [0.2, 0.25) is 0 Å². The summed E-state index contributed by atoms with van der Waals surface area (Å²) in [6, 6.07) is 6.19. The van der Waals surface area contributed by atoms with Gasteiger partial charge in [0, 0.05) is 51.1 Å². The van der Waals surface area contributed by atoms with Crippen molar-refractivity contribution in [1.82, 2.24) is 18.6 Å². The van der Waals surface area contributed by atoms with Crippen LogP contribution in [0.3, 0.4) is 0 Å². The van der Waals surface area contributed by atoms with Crippen molar-refractivity contribution in [2.75, 3.05) is 20.6 Å². The van der Waals surface area contributed by atoms with E-state index < -0.39 is 16.2 Å². The number of hydrogen-bond donors (Lipinski definition) is 0. The lowest BCUT2D eigenvalue weighted by Crippen LogP contribution is -2.36. The quantitative estimate of drug-likeness (QED) is 0.496. The Balaban J connectivity index is 2.39. The van der Waals surface area contributed by atoms with Crippen LogP contribution in [0.15, 0.2) is 40.1 Å². The molecule has 0 amide bonds.